The molecule has 23 heavy (non-hydrogen) atoms. The number of pyridine rings is 1. The summed E-state index contributed by atoms with van der Waals surface area (Å²) in [6.07, 6.45) is 0. The van der Waals surface area contributed by atoms with Gasteiger partial charge in [-0.2, -0.15) is 0 Å². The maximum Gasteiger partial charge on any atom is 0.0726 e. The fourth-order valence-electron chi connectivity index (χ4n) is 3.18. The molecular weight excluding hydrogens is 280 g/mol. The predicted molar refractivity (Wildman–Crippen MR) is 96.4 cm³/mol. The maximum atomic E-state index is 6.40. The van der Waals surface area contributed by atoms with E-state index in [4.69, 9.17) is 10.7 Å². The van der Waals surface area contributed by atoms with E-state index in [0.29, 0.717) is 0 Å². The van der Waals surface area contributed by atoms with Crippen molar-refractivity contribution in [2.45, 2.75) is 26.8 Å². The predicted octanol–water partition coefficient (Wildman–Crippen LogP) is 4.72. The van der Waals surface area contributed by atoms with Crippen LogP contribution in [0.2, 0.25) is 0 Å². The van der Waals surface area contributed by atoms with Crippen LogP contribution in [0.25, 0.3) is 11.3 Å². The number of aromatic nitrogens is 1. The lowest BCUT2D eigenvalue weighted by Gasteiger charge is -2.15. The Balaban J connectivity index is 2.04. The molecule has 116 valence electrons. The second kappa shape index (κ2) is 6.35. The van der Waals surface area contributed by atoms with E-state index < -0.39 is 0 Å². The summed E-state index contributed by atoms with van der Waals surface area (Å²) >= 11 is 0. The zero-order chi connectivity index (χ0) is 16.4. The van der Waals surface area contributed by atoms with Crippen molar-refractivity contribution in [2.24, 2.45) is 5.73 Å². The van der Waals surface area contributed by atoms with Crippen molar-refractivity contribution in [3.63, 3.8) is 0 Å². The lowest BCUT2D eigenvalue weighted by atomic mass is 9.96. The van der Waals surface area contributed by atoms with Gasteiger partial charge < -0.3 is 5.73 Å². The van der Waals surface area contributed by atoms with E-state index in [1.165, 1.54) is 22.3 Å². The van der Waals surface area contributed by atoms with E-state index in [0.717, 1.165) is 17.0 Å². The molecule has 0 fully saturated rings. The quantitative estimate of drug-likeness (QED) is 0.760. The van der Waals surface area contributed by atoms with Gasteiger partial charge in [0.1, 0.15) is 0 Å². The minimum absolute atomic E-state index is 0.206. The topological polar surface area (TPSA) is 38.9 Å². The minimum atomic E-state index is -0.206. The van der Waals surface area contributed by atoms with Gasteiger partial charge in [-0.1, -0.05) is 54.1 Å². The molecule has 0 amide bonds. The molecule has 0 aliphatic heterocycles. The van der Waals surface area contributed by atoms with Gasteiger partial charge in [0.25, 0.3) is 0 Å². The lowest BCUT2D eigenvalue weighted by Crippen LogP contribution is -2.13. The summed E-state index contributed by atoms with van der Waals surface area (Å²) in [7, 11) is 0. The fourth-order valence-corrected chi connectivity index (χ4v) is 3.18. The summed E-state index contributed by atoms with van der Waals surface area (Å²) in [4.78, 5) is 4.85. The van der Waals surface area contributed by atoms with Crippen LogP contribution >= 0.6 is 0 Å². The molecule has 2 N–H and O–H groups in total. The summed E-state index contributed by atoms with van der Waals surface area (Å²) in [6.45, 7) is 6.40. The van der Waals surface area contributed by atoms with Gasteiger partial charge in [0.2, 0.25) is 0 Å². The fraction of sp³-hybridized carbons (Fsp3) is 0.190. The molecule has 0 aliphatic carbocycles. The third kappa shape index (κ3) is 3.17. The van der Waals surface area contributed by atoms with Gasteiger partial charge in [0.05, 0.1) is 17.4 Å². The number of benzene rings is 2. The first kappa shape index (κ1) is 15.4. The van der Waals surface area contributed by atoms with Gasteiger partial charge in [-0.15, -0.1) is 0 Å². The van der Waals surface area contributed by atoms with Crippen molar-refractivity contribution < 1.29 is 0 Å². The Bertz CT molecular complexity index is 799. The van der Waals surface area contributed by atoms with Gasteiger partial charge in [-0.05, 0) is 49.6 Å². The average Bonchev–Trinajstić information content (AvgIpc) is 2.54. The smallest absolute Gasteiger partial charge is 0.0726 e. The molecule has 0 spiro atoms. The van der Waals surface area contributed by atoms with E-state index in [1.807, 2.05) is 42.5 Å². The van der Waals surface area contributed by atoms with Crippen LogP contribution in [0.4, 0.5) is 0 Å². The Morgan fingerprint density at radius 2 is 1.48 bits per heavy atom. The first-order valence-electron chi connectivity index (χ1n) is 7.92. The largest absolute Gasteiger partial charge is 0.319 e. The highest BCUT2D eigenvalue weighted by Gasteiger charge is 2.13. The van der Waals surface area contributed by atoms with Crippen molar-refractivity contribution in [3.05, 3.63) is 88.6 Å². The highest BCUT2D eigenvalue weighted by atomic mass is 14.8. The molecule has 1 heterocycles. The van der Waals surface area contributed by atoms with Crippen LogP contribution in [0.5, 0.6) is 0 Å². The van der Waals surface area contributed by atoms with Crippen LogP contribution in [0.15, 0.2) is 60.7 Å². The highest BCUT2D eigenvalue weighted by Crippen LogP contribution is 2.28. The molecule has 1 aromatic heterocycles. The first-order chi connectivity index (χ1) is 11.1. The van der Waals surface area contributed by atoms with Gasteiger partial charge in [-0.3, -0.25) is 4.98 Å². The van der Waals surface area contributed by atoms with E-state index in [1.54, 1.807) is 0 Å². The van der Waals surface area contributed by atoms with E-state index >= 15 is 0 Å². The molecule has 2 aromatic carbocycles. The molecule has 3 rings (SSSR count). The molecule has 0 aliphatic rings. The molecule has 3 aromatic rings. The van der Waals surface area contributed by atoms with E-state index in [-0.39, 0.29) is 6.04 Å². The Labute approximate surface area is 138 Å². The number of nitrogens with two attached hydrogens (primary N) is 1. The van der Waals surface area contributed by atoms with Crippen molar-refractivity contribution in [1.29, 1.82) is 0 Å². The van der Waals surface area contributed by atoms with E-state index in [2.05, 4.69) is 39.0 Å². The van der Waals surface area contributed by atoms with Crippen LogP contribution in [0.1, 0.15) is 34.0 Å². The molecule has 2 nitrogen and oxygen atoms in total. The monoisotopic (exact) mass is 302 g/mol. The summed E-state index contributed by atoms with van der Waals surface area (Å²) in [6, 6.07) is 20.4. The van der Waals surface area contributed by atoms with Crippen molar-refractivity contribution >= 4 is 0 Å². The molecular formula is C21H22N2. The van der Waals surface area contributed by atoms with Crippen LogP contribution in [-0.2, 0) is 0 Å². The van der Waals surface area contributed by atoms with Crippen LogP contribution in [0, 0.1) is 20.8 Å². The number of aryl methyl sites for hydroxylation is 3. The van der Waals surface area contributed by atoms with Crippen molar-refractivity contribution in [3.8, 4) is 11.3 Å². The Morgan fingerprint density at radius 1 is 0.826 bits per heavy atom. The standard InChI is InChI=1S/C21H22N2/c1-14-12-15(2)20(16(3)13-14)18-10-7-11-19(23-18)21(22)17-8-5-4-6-9-17/h4-13,21H,22H2,1-3H3. The number of rotatable bonds is 3. The van der Waals surface area contributed by atoms with Gasteiger partial charge >= 0.3 is 0 Å². The van der Waals surface area contributed by atoms with Crippen LogP contribution in [0.3, 0.4) is 0 Å². The zero-order valence-electron chi connectivity index (χ0n) is 13.9. The van der Waals surface area contributed by atoms with Crippen molar-refractivity contribution in [2.75, 3.05) is 0 Å². The number of hydrogen-bond donors (Lipinski definition) is 1. The van der Waals surface area contributed by atoms with E-state index in [9.17, 15) is 0 Å². The molecule has 1 unspecified atom stereocenters. The van der Waals surface area contributed by atoms with Gasteiger partial charge in [0.15, 0.2) is 0 Å². The zero-order valence-corrected chi connectivity index (χ0v) is 13.9. The third-order valence-corrected chi connectivity index (χ3v) is 4.18. The Morgan fingerprint density at radius 3 is 2.13 bits per heavy atom. The summed E-state index contributed by atoms with van der Waals surface area (Å²) < 4.78 is 0. The molecule has 1 atom stereocenters. The molecule has 0 saturated carbocycles. The van der Waals surface area contributed by atoms with Crippen LogP contribution in [-0.4, -0.2) is 4.98 Å². The Kier molecular flexibility index (Phi) is 4.26. The molecule has 0 radical (unpaired) electrons. The van der Waals surface area contributed by atoms with Gasteiger partial charge in [0, 0.05) is 5.56 Å². The maximum absolute atomic E-state index is 6.40. The Hall–Kier alpha value is -2.45. The van der Waals surface area contributed by atoms with Crippen LogP contribution < -0.4 is 5.73 Å². The lowest BCUT2D eigenvalue weighted by molar-refractivity contribution is 0.830. The summed E-state index contributed by atoms with van der Waals surface area (Å²) in [5.41, 5.74) is 14.4. The highest BCUT2D eigenvalue weighted by molar-refractivity contribution is 5.68. The third-order valence-electron chi connectivity index (χ3n) is 4.18. The SMILES string of the molecule is Cc1cc(C)c(-c2cccc(C(N)c3ccccc3)n2)c(C)c1. The normalized spacial score (nSPS) is 12.2. The molecule has 2 heteroatoms. The first-order valence-corrected chi connectivity index (χ1v) is 7.92. The second-order valence-electron chi connectivity index (χ2n) is 6.11. The van der Waals surface area contributed by atoms with Gasteiger partial charge in [-0.25, -0.2) is 0 Å². The summed E-state index contributed by atoms with van der Waals surface area (Å²) in [5, 5.41) is 0. The minimum Gasteiger partial charge on any atom is -0.319 e. The summed E-state index contributed by atoms with van der Waals surface area (Å²) in [5.74, 6) is 0. The molecule has 0 saturated heterocycles. The number of hydrogen-bond acceptors (Lipinski definition) is 2. The van der Waals surface area contributed by atoms with Crippen molar-refractivity contribution in [1.82, 2.24) is 4.98 Å². The average molecular weight is 302 g/mol. The molecule has 0 bridgehead atoms. The second-order valence-corrected chi connectivity index (χ2v) is 6.11. The number of nitrogens with zero attached hydrogens (tertiary/aromatic N) is 1.